The topological polar surface area (TPSA) is 40.5 Å². The molecule has 0 bridgehead atoms. The predicted octanol–water partition coefficient (Wildman–Crippen LogP) is 3.53. The maximum Gasteiger partial charge on any atom is 0.309 e. The first-order chi connectivity index (χ1) is 9.07. The van der Waals surface area contributed by atoms with E-state index >= 15 is 0 Å². The summed E-state index contributed by atoms with van der Waals surface area (Å²) in [6.45, 7) is 6.43. The van der Waals surface area contributed by atoms with Gasteiger partial charge >= 0.3 is 5.97 Å². The number of aliphatic carboxylic acids is 1. The van der Waals surface area contributed by atoms with E-state index < -0.39 is 11.4 Å². The molecule has 3 nitrogen and oxygen atoms in total. The highest BCUT2D eigenvalue weighted by Crippen LogP contribution is 2.38. The third kappa shape index (κ3) is 3.31. The van der Waals surface area contributed by atoms with E-state index in [2.05, 4.69) is 18.7 Å². The molecular weight excluding hydrogens is 238 g/mol. The highest BCUT2D eigenvalue weighted by atomic mass is 16.4. The van der Waals surface area contributed by atoms with Gasteiger partial charge in [0.15, 0.2) is 0 Å². The molecule has 1 N–H and O–H groups in total. The SMILES string of the molecule is CCCC1(C(=O)O)CCN(C2CCCC(C)C2)CC1. The van der Waals surface area contributed by atoms with Crippen LogP contribution in [-0.2, 0) is 4.79 Å². The highest BCUT2D eigenvalue weighted by Gasteiger charge is 2.42. The quantitative estimate of drug-likeness (QED) is 0.847. The van der Waals surface area contributed by atoms with Crippen LogP contribution in [0.15, 0.2) is 0 Å². The van der Waals surface area contributed by atoms with Crippen LogP contribution in [0.4, 0.5) is 0 Å². The average Bonchev–Trinajstić information content (AvgIpc) is 2.39. The predicted molar refractivity (Wildman–Crippen MR) is 77.2 cm³/mol. The molecular formula is C16H29NO2. The largest absolute Gasteiger partial charge is 0.481 e. The van der Waals surface area contributed by atoms with Gasteiger partial charge in [-0.2, -0.15) is 0 Å². The first-order valence-corrected chi connectivity index (χ1v) is 8.05. The van der Waals surface area contributed by atoms with Gasteiger partial charge in [-0.3, -0.25) is 4.79 Å². The first kappa shape index (κ1) is 14.8. The van der Waals surface area contributed by atoms with Crippen LogP contribution < -0.4 is 0 Å². The molecule has 0 amide bonds. The fourth-order valence-electron chi connectivity index (χ4n) is 4.10. The molecule has 2 atom stereocenters. The van der Waals surface area contributed by atoms with Crippen LogP contribution in [0.25, 0.3) is 0 Å². The zero-order chi connectivity index (χ0) is 13.9. The zero-order valence-electron chi connectivity index (χ0n) is 12.5. The number of carboxylic acids is 1. The molecule has 1 saturated heterocycles. The van der Waals surface area contributed by atoms with Gasteiger partial charge in [0.25, 0.3) is 0 Å². The molecule has 2 aliphatic rings. The van der Waals surface area contributed by atoms with Gasteiger partial charge in [-0.15, -0.1) is 0 Å². The van der Waals surface area contributed by atoms with Gasteiger partial charge in [-0.25, -0.2) is 0 Å². The molecule has 19 heavy (non-hydrogen) atoms. The molecule has 0 aromatic rings. The van der Waals surface area contributed by atoms with Gasteiger partial charge < -0.3 is 10.0 Å². The summed E-state index contributed by atoms with van der Waals surface area (Å²) in [6.07, 6.45) is 8.87. The van der Waals surface area contributed by atoms with Crippen molar-refractivity contribution in [2.75, 3.05) is 13.1 Å². The Labute approximate surface area is 117 Å². The maximum absolute atomic E-state index is 11.6. The highest BCUT2D eigenvalue weighted by molar-refractivity contribution is 5.74. The molecule has 0 aromatic heterocycles. The normalized spacial score (nSPS) is 32.1. The Balaban J connectivity index is 1.92. The van der Waals surface area contributed by atoms with Crippen molar-refractivity contribution in [1.29, 1.82) is 0 Å². The monoisotopic (exact) mass is 267 g/mol. The van der Waals surface area contributed by atoms with Gasteiger partial charge in [-0.1, -0.05) is 33.1 Å². The number of nitrogens with zero attached hydrogens (tertiary/aromatic N) is 1. The number of rotatable bonds is 4. The van der Waals surface area contributed by atoms with E-state index in [9.17, 15) is 9.90 Å². The van der Waals surface area contributed by atoms with E-state index in [1.807, 2.05) is 0 Å². The van der Waals surface area contributed by atoms with Crippen molar-refractivity contribution in [3.8, 4) is 0 Å². The molecule has 3 heteroatoms. The van der Waals surface area contributed by atoms with Crippen LogP contribution in [0.2, 0.25) is 0 Å². The minimum absolute atomic E-state index is 0.425. The van der Waals surface area contributed by atoms with E-state index in [1.54, 1.807) is 0 Å². The number of hydrogen-bond acceptors (Lipinski definition) is 2. The zero-order valence-corrected chi connectivity index (χ0v) is 12.5. The number of carboxylic acid groups (broad SMARTS) is 1. The van der Waals surface area contributed by atoms with Crippen LogP contribution in [-0.4, -0.2) is 35.1 Å². The van der Waals surface area contributed by atoms with Crippen LogP contribution in [0.5, 0.6) is 0 Å². The molecule has 110 valence electrons. The van der Waals surface area contributed by atoms with Crippen molar-refractivity contribution in [3.63, 3.8) is 0 Å². The van der Waals surface area contributed by atoms with Crippen LogP contribution in [0, 0.1) is 11.3 Å². The molecule has 1 aliphatic carbocycles. The number of piperidine rings is 1. The lowest BCUT2D eigenvalue weighted by molar-refractivity contribution is -0.153. The fraction of sp³-hybridized carbons (Fsp3) is 0.938. The van der Waals surface area contributed by atoms with Gasteiger partial charge in [-0.05, 0) is 51.1 Å². The summed E-state index contributed by atoms with van der Waals surface area (Å²) >= 11 is 0. The number of carbonyl (C=O) groups is 1. The van der Waals surface area contributed by atoms with Crippen molar-refractivity contribution in [2.45, 2.75) is 71.3 Å². The summed E-state index contributed by atoms with van der Waals surface area (Å²) in [5.41, 5.74) is -0.425. The number of likely N-dealkylation sites (tertiary alicyclic amines) is 1. The summed E-state index contributed by atoms with van der Waals surface area (Å²) in [5.74, 6) is 0.284. The third-order valence-corrected chi connectivity index (χ3v) is 5.36. The second kappa shape index (κ2) is 6.25. The van der Waals surface area contributed by atoms with E-state index in [-0.39, 0.29) is 0 Å². The van der Waals surface area contributed by atoms with E-state index in [0.717, 1.165) is 50.7 Å². The Hall–Kier alpha value is -0.570. The van der Waals surface area contributed by atoms with E-state index in [1.165, 1.54) is 25.7 Å². The fourth-order valence-corrected chi connectivity index (χ4v) is 4.10. The van der Waals surface area contributed by atoms with Crippen molar-refractivity contribution in [1.82, 2.24) is 4.90 Å². The number of hydrogen-bond donors (Lipinski definition) is 1. The van der Waals surface area contributed by atoms with Gasteiger partial charge in [0.05, 0.1) is 5.41 Å². The average molecular weight is 267 g/mol. The lowest BCUT2D eigenvalue weighted by Crippen LogP contribution is -2.49. The molecule has 1 heterocycles. The molecule has 1 saturated carbocycles. The Morgan fingerprint density at radius 3 is 2.53 bits per heavy atom. The van der Waals surface area contributed by atoms with Crippen molar-refractivity contribution >= 4 is 5.97 Å². The van der Waals surface area contributed by atoms with E-state index in [0.29, 0.717) is 0 Å². The molecule has 1 aliphatic heterocycles. The molecule has 2 rings (SSSR count). The van der Waals surface area contributed by atoms with Crippen molar-refractivity contribution in [3.05, 3.63) is 0 Å². The first-order valence-electron chi connectivity index (χ1n) is 8.05. The van der Waals surface area contributed by atoms with Crippen molar-refractivity contribution in [2.24, 2.45) is 11.3 Å². The van der Waals surface area contributed by atoms with E-state index in [4.69, 9.17) is 0 Å². The smallest absolute Gasteiger partial charge is 0.309 e. The molecule has 2 fully saturated rings. The molecule has 0 radical (unpaired) electrons. The standard InChI is InChI=1S/C16H29NO2/c1-3-7-16(15(18)19)8-10-17(11-9-16)14-6-4-5-13(2)12-14/h13-14H,3-12H2,1-2H3,(H,18,19). The van der Waals surface area contributed by atoms with Crippen LogP contribution in [0.1, 0.15) is 65.2 Å². The second-order valence-corrected chi connectivity index (χ2v) is 6.80. The lowest BCUT2D eigenvalue weighted by Gasteiger charge is -2.44. The lowest BCUT2D eigenvalue weighted by atomic mass is 9.74. The summed E-state index contributed by atoms with van der Waals surface area (Å²) in [6, 6.07) is 0.720. The Morgan fingerprint density at radius 2 is 2.00 bits per heavy atom. The minimum atomic E-state index is -0.564. The minimum Gasteiger partial charge on any atom is -0.481 e. The summed E-state index contributed by atoms with van der Waals surface area (Å²) in [7, 11) is 0. The molecule has 0 aromatic carbocycles. The summed E-state index contributed by atoms with van der Waals surface area (Å²) in [5, 5.41) is 9.54. The molecule has 0 spiro atoms. The van der Waals surface area contributed by atoms with Crippen LogP contribution >= 0.6 is 0 Å². The van der Waals surface area contributed by atoms with Crippen LogP contribution in [0.3, 0.4) is 0 Å². The maximum atomic E-state index is 11.6. The van der Waals surface area contributed by atoms with Crippen molar-refractivity contribution < 1.29 is 9.90 Å². The second-order valence-electron chi connectivity index (χ2n) is 6.80. The van der Waals surface area contributed by atoms with Gasteiger partial charge in [0.2, 0.25) is 0 Å². The summed E-state index contributed by atoms with van der Waals surface area (Å²) < 4.78 is 0. The molecule has 2 unspecified atom stereocenters. The third-order valence-electron chi connectivity index (χ3n) is 5.36. The van der Waals surface area contributed by atoms with Gasteiger partial charge in [0, 0.05) is 6.04 Å². The van der Waals surface area contributed by atoms with Gasteiger partial charge in [0.1, 0.15) is 0 Å². The summed E-state index contributed by atoms with van der Waals surface area (Å²) in [4.78, 5) is 14.2. The Morgan fingerprint density at radius 1 is 1.32 bits per heavy atom. The Kier molecular flexibility index (Phi) is 4.88. The Bertz CT molecular complexity index is 308.